The van der Waals surface area contributed by atoms with Gasteiger partial charge in [-0.05, 0) is 42.7 Å². The van der Waals surface area contributed by atoms with Crippen LogP contribution in [0.4, 0.5) is 5.82 Å². The molecule has 1 amide bonds. The highest BCUT2D eigenvalue weighted by Crippen LogP contribution is 2.34. The molecule has 6 nitrogen and oxygen atoms in total. The number of halogens is 1. The first-order chi connectivity index (χ1) is 15.4. The lowest BCUT2D eigenvalue weighted by Crippen LogP contribution is -2.27. The molecule has 1 aliphatic heterocycles. The standard InChI is InChI=1S/C23H21ClN4O2S2/c1-3-10-25-19-16(21(29)27-11-6-7-14(2)20(27)26-19)12-18-22(30)28(23(31)32-18)13-15-8-4-5-9-17(15)24/h4-9,11-12,25H,3,10,13H2,1-2H3/b18-12+. The fraction of sp³-hybridized carbons (Fsp3) is 0.217. The second-order valence-electron chi connectivity index (χ2n) is 7.35. The molecule has 2 aromatic heterocycles. The maximum Gasteiger partial charge on any atom is 0.267 e. The lowest BCUT2D eigenvalue weighted by atomic mass is 10.2. The fourth-order valence-electron chi connectivity index (χ4n) is 3.38. The fourth-order valence-corrected chi connectivity index (χ4v) is 4.82. The number of benzene rings is 1. The number of aromatic nitrogens is 2. The van der Waals surface area contributed by atoms with Crippen LogP contribution in [-0.2, 0) is 11.3 Å². The van der Waals surface area contributed by atoms with Gasteiger partial charge in [-0.25, -0.2) is 4.98 Å². The lowest BCUT2D eigenvalue weighted by Gasteiger charge is -2.15. The van der Waals surface area contributed by atoms with Crippen LogP contribution in [-0.4, -0.2) is 31.1 Å². The van der Waals surface area contributed by atoms with Gasteiger partial charge in [-0.1, -0.05) is 66.8 Å². The van der Waals surface area contributed by atoms with Crippen LogP contribution in [0.3, 0.4) is 0 Å². The summed E-state index contributed by atoms with van der Waals surface area (Å²) in [6.07, 6.45) is 4.14. The first-order valence-corrected chi connectivity index (χ1v) is 11.8. The topological polar surface area (TPSA) is 66.7 Å². The molecule has 0 saturated carbocycles. The molecule has 0 atom stereocenters. The SMILES string of the molecule is CCCNc1nc2c(C)cccn2c(=O)c1/C=C1/SC(=S)N(Cc2ccccc2Cl)C1=O. The van der Waals surface area contributed by atoms with Crippen molar-refractivity contribution in [3.8, 4) is 0 Å². The highest BCUT2D eigenvalue weighted by molar-refractivity contribution is 8.26. The van der Waals surface area contributed by atoms with E-state index in [1.54, 1.807) is 24.4 Å². The van der Waals surface area contributed by atoms with Crippen LogP contribution in [0.1, 0.15) is 30.0 Å². The number of carbonyl (C=O) groups excluding carboxylic acids is 1. The third-order valence-electron chi connectivity index (χ3n) is 5.06. The first kappa shape index (κ1) is 22.5. The van der Waals surface area contributed by atoms with Crippen LogP contribution < -0.4 is 10.9 Å². The van der Waals surface area contributed by atoms with Crippen molar-refractivity contribution < 1.29 is 4.79 Å². The molecule has 4 rings (SSSR count). The van der Waals surface area contributed by atoms with Gasteiger partial charge in [-0.15, -0.1) is 0 Å². The second kappa shape index (κ2) is 9.44. The van der Waals surface area contributed by atoms with E-state index in [-0.39, 0.29) is 18.0 Å². The van der Waals surface area contributed by atoms with Crippen LogP contribution in [0.5, 0.6) is 0 Å². The molecule has 0 spiro atoms. The van der Waals surface area contributed by atoms with E-state index in [9.17, 15) is 9.59 Å². The second-order valence-corrected chi connectivity index (χ2v) is 9.43. The number of aryl methyl sites for hydroxylation is 1. The number of amides is 1. The number of hydrogen-bond donors (Lipinski definition) is 1. The zero-order chi connectivity index (χ0) is 22.8. The Morgan fingerprint density at radius 3 is 2.75 bits per heavy atom. The zero-order valence-electron chi connectivity index (χ0n) is 17.6. The number of hydrogen-bond acceptors (Lipinski definition) is 6. The average molecular weight is 485 g/mol. The molecular weight excluding hydrogens is 464 g/mol. The van der Waals surface area contributed by atoms with E-state index in [0.717, 1.165) is 17.5 Å². The smallest absolute Gasteiger partial charge is 0.267 e. The van der Waals surface area contributed by atoms with Crippen molar-refractivity contribution in [2.24, 2.45) is 0 Å². The van der Waals surface area contributed by atoms with Crippen molar-refractivity contribution in [1.82, 2.24) is 14.3 Å². The minimum absolute atomic E-state index is 0.242. The van der Waals surface area contributed by atoms with Gasteiger partial charge in [0, 0.05) is 17.8 Å². The van der Waals surface area contributed by atoms with Crippen LogP contribution in [0.25, 0.3) is 11.7 Å². The minimum atomic E-state index is -0.255. The maximum absolute atomic E-state index is 13.3. The molecule has 3 aromatic rings. The molecule has 164 valence electrons. The summed E-state index contributed by atoms with van der Waals surface area (Å²) in [5, 5.41) is 3.80. The summed E-state index contributed by atoms with van der Waals surface area (Å²) in [5.41, 5.74) is 2.37. The van der Waals surface area contributed by atoms with Gasteiger partial charge in [-0.3, -0.25) is 18.9 Å². The summed E-state index contributed by atoms with van der Waals surface area (Å²) >= 11 is 12.9. The molecule has 1 aromatic carbocycles. The van der Waals surface area contributed by atoms with Crippen LogP contribution in [0.15, 0.2) is 52.3 Å². The van der Waals surface area contributed by atoms with Crippen molar-refractivity contribution in [2.45, 2.75) is 26.8 Å². The monoisotopic (exact) mass is 484 g/mol. The summed E-state index contributed by atoms with van der Waals surface area (Å²) in [6, 6.07) is 11.0. The number of thioether (sulfide) groups is 1. The molecule has 32 heavy (non-hydrogen) atoms. The molecule has 0 aliphatic carbocycles. The Morgan fingerprint density at radius 2 is 2.00 bits per heavy atom. The maximum atomic E-state index is 13.3. The first-order valence-electron chi connectivity index (χ1n) is 10.1. The molecule has 0 unspecified atom stereocenters. The minimum Gasteiger partial charge on any atom is -0.369 e. The van der Waals surface area contributed by atoms with E-state index in [4.69, 9.17) is 23.8 Å². The predicted octanol–water partition coefficient (Wildman–Crippen LogP) is 4.88. The van der Waals surface area contributed by atoms with Gasteiger partial charge in [0.2, 0.25) is 0 Å². The Hall–Kier alpha value is -2.68. The third kappa shape index (κ3) is 4.30. The number of carbonyl (C=O) groups is 1. The molecule has 1 aliphatic rings. The lowest BCUT2D eigenvalue weighted by molar-refractivity contribution is -0.122. The molecule has 3 heterocycles. The Balaban J connectivity index is 1.76. The average Bonchev–Trinajstić information content (AvgIpc) is 3.04. The van der Waals surface area contributed by atoms with Gasteiger partial charge in [0.15, 0.2) is 0 Å². The van der Waals surface area contributed by atoms with Crippen LogP contribution in [0.2, 0.25) is 5.02 Å². The highest BCUT2D eigenvalue weighted by atomic mass is 35.5. The summed E-state index contributed by atoms with van der Waals surface area (Å²) in [7, 11) is 0. The number of rotatable bonds is 6. The van der Waals surface area contributed by atoms with Crippen molar-refractivity contribution in [3.05, 3.63) is 79.6 Å². The number of pyridine rings is 1. The predicted molar refractivity (Wildman–Crippen MR) is 135 cm³/mol. The van der Waals surface area contributed by atoms with Crippen molar-refractivity contribution >= 4 is 63.3 Å². The Labute approximate surface area is 200 Å². The number of fused-ring (bicyclic) bond motifs is 1. The van der Waals surface area contributed by atoms with Crippen molar-refractivity contribution in [2.75, 3.05) is 11.9 Å². The molecule has 1 N–H and O–H groups in total. The van der Waals surface area contributed by atoms with Crippen molar-refractivity contribution in [1.29, 1.82) is 0 Å². The van der Waals surface area contributed by atoms with E-state index in [1.807, 2.05) is 38.1 Å². The number of nitrogens with one attached hydrogen (secondary N) is 1. The molecule has 1 saturated heterocycles. The molecule has 9 heteroatoms. The quantitative estimate of drug-likeness (QED) is 0.397. The van der Waals surface area contributed by atoms with E-state index < -0.39 is 0 Å². The van der Waals surface area contributed by atoms with Crippen molar-refractivity contribution in [3.63, 3.8) is 0 Å². The third-order valence-corrected chi connectivity index (χ3v) is 6.81. The Morgan fingerprint density at radius 1 is 1.22 bits per heavy atom. The Bertz CT molecular complexity index is 1320. The number of anilines is 1. The van der Waals surface area contributed by atoms with Gasteiger partial charge < -0.3 is 5.32 Å². The van der Waals surface area contributed by atoms with Gasteiger partial charge in [0.25, 0.3) is 11.5 Å². The summed E-state index contributed by atoms with van der Waals surface area (Å²) in [5.74, 6) is 0.206. The molecule has 1 fully saturated rings. The summed E-state index contributed by atoms with van der Waals surface area (Å²) in [6.45, 7) is 4.87. The largest absolute Gasteiger partial charge is 0.369 e. The Kier molecular flexibility index (Phi) is 6.64. The molecule has 0 bridgehead atoms. The van der Waals surface area contributed by atoms with E-state index in [1.165, 1.54) is 21.1 Å². The number of thiocarbonyl (C=S) groups is 1. The van der Waals surface area contributed by atoms with Gasteiger partial charge in [-0.2, -0.15) is 0 Å². The van der Waals surface area contributed by atoms with Gasteiger partial charge >= 0.3 is 0 Å². The highest BCUT2D eigenvalue weighted by Gasteiger charge is 2.33. The number of nitrogens with zero attached hydrogens (tertiary/aromatic N) is 3. The van der Waals surface area contributed by atoms with E-state index in [0.29, 0.717) is 37.8 Å². The molecular formula is C23H21ClN4O2S2. The van der Waals surface area contributed by atoms with Gasteiger partial charge in [0.1, 0.15) is 15.8 Å². The van der Waals surface area contributed by atoms with Gasteiger partial charge in [0.05, 0.1) is 17.0 Å². The zero-order valence-corrected chi connectivity index (χ0v) is 20.0. The summed E-state index contributed by atoms with van der Waals surface area (Å²) in [4.78, 5) is 33.0. The van der Waals surface area contributed by atoms with E-state index >= 15 is 0 Å². The van der Waals surface area contributed by atoms with E-state index in [2.05, 4.69) is 10.3 Å². The summed E-state index contributed by atoms with van der Waals surface area (Å²) < 4.78 is 1.93. The van der Waals surface area contributed by atoms with Crippen LogP contribution >= 0.6 is 35.6 Å². The normalized spacial score (nSPS) is 15.2. The molecule has 0 radical (unpaired) electrons. The van der Waals surface area contributed by atoms with Crippen LogP contribution in [0, 0.1) is 6.92 Å².